The quantitative estimate of drug-likeness (QED) is 0.736. The smallest absolute Gasteiger partial charge is 0.255 e. The van der Waals surface area contributed by atoms with Crippen molar-refractivity contribution >= 4 is 5.91 Å². The van der Waals surface area contributed by atoms with Crippen molar-refractivity contribution in [2.24, 2.45) is 0 Å². The summed E-state index contributed by atoms with van der Waals surface area (Å²) < 4.78 is 6.97. The van der Waals surface area contributed by atoms with Gasteiger partial charge in [-0.1, -0.05) is 42.4 Å². The van der Waals surface area contributed by atoms with E-state index in [1.807, 2.05) is 62.7 Å². The molecule has 1 amide bonds. The molecule has 0 radical (unpaired) electrons. The van der Waals surface area contributed by atoms with Gasteiger partial charge in [0.1, 0.15) is 0 Å². The normalized spacial score (nSPS) is 11.5. The number of hydrogen-bond donors (Lipinski definition) is 1. The second kappa shape index (κ2) is 7.11. The first-order valence-electron chi connectivity index (χ1n) is 8.62. The highest BCUT2D eigenvalue weighted by Gasteiger charge is 2.30. The van der Waals surface area contributed by atoms with Gasteiger partial charge in [-0.15, -0.1) is 0 Å². The number of carbonyl (C=O) groups excluding carboxylic acids is 1. The first-order chi connectivity index (χ1) is 12.4. The molecule has 1 N–H and O–H groups in total. The molecule has 0 aliphatic carbocycles. The van der Waals surface area contributed by atoms with Crippen molar-refractivity contribution in [3.8, 4) is 0 Å². The Morgan fingerprint density at radius 1 is 1.27 bits per heavy atom. The van der Waals surface area contributed by atoms with Gasteiger partial charge in [-0.3, -0.25) is 9.48 Å². The van der Waals surface area contributed by atoms with Gasteiger partial charge in [0.2, 0.25) is 5.89 Å². The van der Waals surface area contributed by atoms with Crippen LogP contribution in [0.3, 0.4) is 0 Å². The number of rotatable bonds is 6. The average Bonchev–Trinajstić information content (AvgIpc) is 3.23. The number of benzene rings is 1. The molecule has 3 rings (SSSR count). The van der Waals surface area contributed by atoms with Crippen LogP contribution >= 0.6 is 0 Å². The molecule has 0 unspecified atom stereocenters. The first kappa shape index (κ1) is 17.8. The van der Waals surface area contributed by atoms with Crippen LogP contribution in [0.2, 0.25) is 0 Å². The Balaban J connectivity index is 1.75. The number of nitrogens with one attached hydrogen (secondary N) is 1. The molecule has 0 aliphatic rings. The number of hydrogen-bond acceptors (Lipinski definition) is 5. The van der Waals surface area contributed by atoms with Gasteiger partial charge in [0.15, 0.2) is 5.82 Å². The molecule has 0 saturated carbocycles. The fourth-order valence-electron chi connectivity index (χ4n) is 2.64. The zero-order chi connectivity index (χ0) is 18.7. The molecule has 3 aromatic rings. The summed E-state index contributed by atoms with van der Waals surface area (Å²) >= 11 is 0. The van der Waals surface area contributed by atoms with Crippen molar-refractivity contribution in [3.05, 3.63) is 65.1 Å². The molecule has 0 fully saturated rings. The number of carbonyl (C=O) groups is 1. The van der Waals surface area contributed by atoms with Gasteiger partial charge >= 0.3 is 0 Å². The maximum atomic E-state index is 12.7. The molecular weight excluding hydrogens is 330 g/mol. The highest BCUT2D eigenvalue weighted by Crippen LogP contribution is 2.19. The van der Waals surface area contributed by atoms with Crippen molar-refractivity contribution in [1.29, 1.82) is 0 Å². The molecule has 0 spiro atoms. The molecular formula is C19H23N5O2. The molecule has 7 nitrogen and oxygen atoms in total. The maximum Gasteiger partial charge on any atom is 0.255 e. The Morgan fingerprint density at radius 2 is 2.00 bits per heavy atom. The minimum Gasteiger partial charge on any atom is -0.340 e. The first-order valence-corrected chi connectivity index (χ1v) is 8.62. The Hall–Kier alpha value is -2.96. The van der Waals surface area contributed by atoms with E-state index in [2.05, 4.69) is 20.6 Å². The summed E-state index contributed by atoms with van der Waals surface area (Å²) in [5.41, 5.74) is 1.73. The van der Waals surface area contributed by atoms with Crippen molar-refractivity contribution in [2.45, 2.75) is 46.2 Å². The van der Waals surface area contributed by atoms with Crippen LogP contribution in [-0.4, -0.2) is 25.8 Å². The van der Waals surface area contributed by atoms with E-state index in [9.17, 15) is 4.79 Å². The van der Waals surface area contributed by atoms with Gasteiger partial charge in [-0.2, -0.15) is 10.1 Å². The molecule has 7 heteroatoms. The van der Waals surface area contributed by atoms with Crippen LogP contribution in [0.5, 0.6) is 0 Å². The summed E-state index contributed by atoms with van der Waals surface area (Å²) in [5.74, 6) is 0.792. The van der Waals surface area contributed by atoms with E-state index in [1.54, 1.807) is 6.20 Å². The lowest BCUT2D eigenvalue weighted by molar-refractivity contribution is 0.0906. The van der Waals surface area contributed by atoms with Gasteiger partial charge in [0, 0.05) is 12.1 Å². The van der Waals surface area contributed by atoms with Crippen molar-refractivity contribution < 1.29 is 9.32 Å². The predicted octanol–water partition coefficient (Wildman–Crippen LogP) is 2.85. The van der Waals surface area contributed by atoms with Crippen LogP contribution in [0, 0.1) is 6.92 Å². The van der Waals surface area contributed by atoms with Gasteiger partial charge in [-0.05, 0) is 26.3 Å². The summed E-state index contributed by atoms with van der Waals surface area (Å²) in [6.07, 6.45) is 2.25. The molecule has 0 aliphatic heterocycles. The fourth-order valence-corrected chi connectivity index (χ4v) is 2.64. The predicted molar refractivity (Wildman–Crippen MR) is 96.7 cm³/mol. The summed E-state index contributed by atoms with van der Waals surface area (Å²) in [7, 11) is 0. The third kappa shape index (κ3) is 3.66. The Morgan fingerprint density at radius 3 is 2.65 bits per heavy atom. The Labute approximate surface area is 152 Å². The third-order valence-corrected chi connectivity index (χ3v) is 4.28. The van der Waals surface area contributed by atoms with Gasteiger partial charge in [0.05, 0.1) is 23.8 Å². The third-order valence-electron chi connectivity index (χ3n) is 4.28. The van der Waals surface area contributed by atoms with Gasteiger partial charge in [0.25, 0.3) is 5.91 Å². The summed E-state index contributed by atoms with van der Waals surface area (Å²) in [5, 5.41) is 11.3. The van der Waals surface area contributed by atoms with E-state index in [-0.39, 0.29) is 5.91 Å². The highest BCUT2D eigenvalue weighted by molar-refractivity contribution is 5.95. The fraction of sp³-hybridized carbons (Fsp3) is 0.368. The number of nitrogens with zero attached hydrogens (tertiary/aromatic N) is 4. The van der Waals surface area contributed by atoms with Gasteiger partial charge in [-0.25, -0.2) is 0 Å². The van der Waals surface area contributed by atoms with Crippen LogP contribution in [0.4, 0.5) is 0 Å². The molecule has 136 valence electrons. The lowest BCUT2D eigenvalue weighted by Gasteiger charge is -2.22. The molecule has 2 aromatic heterocycles. The zero-order valence-corrected chi connectivity index (χ0v) is 15.5. The molecule has 26 heavy (non-hydrogen) atoms. The number of aromatic nitrogens is 4. The van der Waals surface area contributed by atoms with E-state index in [1.165, 1.54) is 0 Å². The zero-order valence-electron chi connectivity index (χ0n) is 15.5. The number of aryl methyl sites for hydroxylation is 1. The van der Waals surface area contributed by atoms with Gasteiger partial charge < -0.3 is 9.84 Å². The van der Waals surface area contributed by atoms with Crippen molar-refractivity contribution in [3.63, 3.8) is 0 Å². The lowest BCUT2D eigenvalue weighted by atomic mass is 10.0. The summed E-state index contributed by atoms with van der Waals surface area (Å²) in [4.78, 5) is 17.1. The lowest BCUT2D eigenvalue weighted by Crippen LogP contribution is -2.42. The van der Waals surface area contributed by atoms with Crippen LogP contribution in [0.25, 0.3) is 0 Å². The van der Waals surface area contributed by atoms with Crippen LogP contribution < -0.4 is 5.32 Å². The Bertz CT molecular complexity index is 896. The molecule has 0 bridgehead atoms. The van der Waals surface area contributed by atoms with Crippen LogP contribution in [-0.2, 0) is 18.5 Å². The minimum atomic E-state index is -0.748. The second-order valence-corrected chi connectivity index (χ2v) is 6.73. The topological polar surface area (TPSA) is 85.8 Å². The van der Waals surface area contributed by atoms with Crippen LogP contribution in [0.15, 0.2) is 41.1 Å². The molecule has 0 atom stereocenters. The Kier molecular flexibility index (Phi) is 4.88. The summed E-state index contributed by atoms with van der Waals surface area (Å²) in [6, 6.07) is 10.0. The van der Waals surface area contributed by atoms with E-state index < -0.39 is 5.54 Å². The molecule has 1 aromatic carbocycles. The summed E-state index contributed by atoms with van der Waals surface area (Å²) in [6.45, 7) is 8.14. The van der Waals surface area contributed by atoms with Crippen molar-refractivity contribution in [1.82, 2.24) is 25.2 Å². The van der Waals surface area contributed by atoms with E-state index in [4.69, 9.17) is 4.52 Å². The number of amides is 1. The van der Waals surface area contributed by atoms with E-state index in [0.717, 1.165) is 11.3 Å². The van der Waals surface area contributed by atoms with Crippen molar-refractivity contribution in [2.75, 3.05) is 0 Å². The maximum absolute atomic E-state index is 12.7. The molecule has 0 saturated heterocycles. The molecule has 2 heterocycles. The standard InChI is InChI=1S/C19H23N5O2/c1-5-16-21-18(23-26-16)19(3,4)22-17(25)15-11-20-24(13(15)2)12-14-9-7-6-8-10-14/h6-11H,5,12H2,1-4H3,(H,22,25). The average molecular weight is 353 g/mol. The largest absolute Gasteiger partial charge is 0.340 e. The minimum absolute atomic E-state index is 0.213. The monoisotopic (exact) mass is 353 g/mol. The van der Waals surface area contributed by atoms with Crippen LogP contribution in [0.1, 0.15) is 54.1 Å². The highest BCUT2D eigenvalue weighted by atomic mass is 16.5. The van der Waals surface area contributed by atoms with E-state index >= 15 is 0 Å². The van der Waals surface area contributed by atoms with E-state index in [0.29, 0.717) is 30.2 Å². The second-order valence-electron chi connectivity index (χ2n) is 6.73. The SMILES string of the molecule is CCc1nc(C(C)(C)NC(=O)c2cnn(Cc3ccccc3)c2C)no1.